The molecular formula is C35H38F3N7O2S. The van der Waals surface area contributed by atoms with E-state index in [1.807, 2.05) is 35.7 Å². The molecule has 252 valence electrons. The van der Waals surface area contributed by atoms with Crippen molar-refractivity contribution >= 4 is 51.2 Å². The number of hydrogen-bond donors (Lipinski definition) is 1. The Morgan fingerprint density at radius 2 is 1.83 bits per heavy atom. The van der Waals surface area contributed by atoms with Crippen molar-refractivity contribution in [3.8, 4) is 16.9 Å². The summed E-state index contributed by atoms with van der Waals surface area (Å²) < 4.78 is 47.8. The molecule has 4 aliphatic rings. The highest BCUT2D eigenvalue weighted by Crippen LogP contribution is 2.53. The van der Waals surface area contributed by atoms with Gasteiger partial charge in [0.05, 0.1) is 11.7 Å². The van der Waals surface area contributed by atoms with Gasteiger partial charge in [0.1, 0.15) is 11.3 Å². The van der Waals surface area contributed by atoms with Crippen LogP contribution in [0.4, 0.5) is 24.9 Å². The maximum atomic E-state index is 14.0. The van der Waals surface area contributed by atoms with Crippen LogP contribution in [0, 0.1) is 12.3 Å². The number of piperidine rings is 1. The summed E-state index contributed by atoms with van der Waals surface area (Å²) in [7, 11) is 0. The summed E-state index contributed by atoms with van der Waals surface area (Å²) in [5.41, 5.74) is 4.66. The van der Waals surface area contributed by atoms with E-state index in [2.05, 4.69) is 32.6 Å². The normalized spacial score (nSPS) is 19.6. The molecule has 2 aromatic heterocycles. The SMILES string of the molecule is C=CC(=O)N1CC2(CCN(c3nc(N4CCSCC4)nc4c(OCC(F)(F)F)c(-c5c(C)ccc6[nH]ncc56)c(C5CC5)cc34)CC2)C1. The number of rotatable bonds is 7. The smallest absolute Gasteiger partial charge is 0.422 e. The van der Waals surface area contributed by atoms with Crippen LogP contribution in [0.5, 0.6) is 5.75 Å². The summed E-state index contributed by atoms with van der Waals surface area (Å²) in [5, 5.41) is 8.86. The van der Waals surface area contributed by atoms with Crippen LogP contribution in [0.15, 0.2) is 37.1 Å². The molecule has 8 rings (SSSR count). The van der Waals surface area contributed by atoms with Gasteiger partial charge in [-0.25, -0.2) is 4.98 Å². The van der Waals surface area contributed by atoms with Crippen molar-refractivity contribution in [1.29, 1.82) is 0 Å². The molecule has 4 fully saturated rings. The third-order valence-corrected chi connectivity index (χ3v) is 11.3. The van der Waals surface area contributed by atoms with Gasteiger partial charge in [-0.05, 0) is 73.4 Å². The lowest BCUT2D eigenvalue weighted by Gasteiger charge is -2.54. The topological polar surface area (TPSA) is 90.5 Å². The van der Waals surface area contributed by atoms with Gasteiger partial charge >= 0.3 is 6.18 Å². The Morgan fingerprint density at radius 1 is 1.08 bits per heavy atom. The van der Waals surface area contributed by atoms with E-state index in [0.29, 0.717) is 17.0 Å². The van der Waals surface area contributed by atoms with E-state index in [4.69, 9.17) is 14.7 Å². The lowest BCUT2D eigenvalue weighted by molar-refractivity contribution is -0.153. The maximum absolute atomic E-state index is 14.0. The van der Waals surface area contributed by atoms with Crippen molar-refractivity contribution in [1.82, 2.24) is 25.1 Å². The molecule has 48 heavy (non-hydrogen) atoms. The number of ether oxygens (including phenoxy) is 1. The zero-order valence-corrected chi connectivity index (χ0v) is 27.7. The molecule has 2 aromatic carbocycles. The standard InChI is InChI=1S/C35H38F3N7O2S/c1-3-27(46)45-18-34(19-45)8-10-43(11-9-34)32-24-16-23(22-5-6-22)29(28-21(2)4-7-26-25(28)17-39-42-26)31(47-20-35(36,37)38)30(24)40-33(41-32)44-12-14-48-15-13-44/h3-4,7,16-17,22H,1,5-6,8-15,18-20H2,2H3,(H,39,42). The summed E-state index contributed by atoms with van der Waals surface area (Å²) in [6.07, 6.45) is 2.25. The van der Waals surface area contributed by atoms with Crippen molar-refractivity contribution < 1.29 is 22.7 Å². The molecule has 0 unspecified atom stereocenters. The molecule has 0 bridgehead atoms. The Hall–Kier alpha value is -4.00. The highest BCUT2D eigenvalue weighted by atomic mass is 32.2. The number of fused-ring (bicyclic) bond motifs is 2. The molecule has 9 nitrogen and oxygen atoms in total. The second-order valence-corrected chi connectivity index (χ2v) is 14.9. The molecule has 5 heterocycles. The van der Waals surface area contributed by atoms with Crippen LogP contribution in [0.3, 0.4) is 0 Å². The minimum atomic E-state index is -4.54. The van der Waals surface area contributed by atoms with Crippen LogP contribution in [-0.4, -0.2) is 94.5 Å². The lowest BCUT2D eigenvalue weighted by Crippen LogP contribution is -2.61. The first-order valence-electron chi connectivity index (χ1n) is 16.6. The number of benzene rings is 2. The molecule has 3 aliphatic heterocycles. The van der Waals surface area contributed by atoms with Gasteiger partial charge < -0.3 is 19.4 Å². The van der Waals surface area contributed by atoms with Crippen LogP contribution in [0.1, 0.15) is 42.7 Å². The first-order valence-corrected chi connectivity index (χ1v) is 17.8. The number of carbonyl (C=O) groups is 1. The van der Waals surface area contributed by atoms with Gasteiger partial charge in [0.25, 0.3) is 0 Å². The fourth-order valence-electron chi connectivity index (χ4n) is 7.66. The highest BCUT2D eigenvalue weighted by Gasteiger charge is 2.46. The summed E-state index contributed by atoms with van der Waals surface area (Å²) in [6, 6.07) is 6.05. The third-order valence-electron chi connectivity index (χ3n) is 10.4. The molecule has 4 aromatic rings. The monoisotopic (exact) mass is 677 g/mol. The summed E-state index contributed by atoms with van der Waals surface area (Å²) in [5.74, 6) is 3.42. The number of aromatic nitrogens is 4. The number of hydrogen-bond acceptors (Lipinski definition) is 8. The first kappa shape index (κ1) is 31.3. The number of nitrogens with zero attached hydrogens (tertiary/aromatic N) is 6. The Bertz CT molecular complexity index is 1900. The van der Waals surface area contributed by atoms with E-state index in [0.717, 1.165) is 115 Å². The molecular weight excluding hydrogens is 639 g/mol. The number of thioether (sulfide) groups is 1. The van der Waals surface area contributed by atoms with E-state index in [9.17, 15) is 18.0 Å². The molecule has 1 aliphatic carbocycles. The predicted octanol–water partition coefficient (Wildman–Crippen LogP) is 6.47. The molecule has 0 atom stereocenters. The number of halogens is 3. The largest absolute Gasteiger partial charge is 0.481 e. The highest BCUT2D eigenvalue weighted by molar-refractivity contribution is 7.99. The van der Waals surface area contributed by atoms with Crippen molar-refractivity contribution in [3.05, 3.63) is 48.2 Å². The molecule has 1 amide bonds. The van der Waals surface area contributed by atoms with Gasteiger partial charge in [-0.15, -0.1) is 0 Å². The zero-order valence-electron chi connectivity index (χ0n) is 26.9. The number of aromatic amines is 1. The van der Waals surface area contributed by atoms with E-state index in [1.54, 1.807) is 6.20 Å². The average molecular weight is 678 g/mol. The van der Waals surface area contributed by atoms with Crippen LogP contribution < -0.4 is 14.5 Å². The van der Waals surface area contributed by atoms with Crippen molar-refractivity contribution in [3.63, 3.8) is 0 Å². The number of nitrogens with one attached hydrogen (secondary N) is 1. The number of aryl methyl sites for hydroxylation is 1. The predicted molar refractivity (Wildman–Crippen MR) is 183 cm³/mol. The molecule has 13 heteroatoms. The van der Waals surface area contributed by atoms with E-state index in [-0.39, 0.29) is 23.0 Å². The van der Waals surface area contributed by atoms with Gasteiger partial charge in [0.15, 0.2) is 12.4 Å². The van der Waals surface area contributed by atoms with E-state index in [1.165, 1.54) is 6.08 Å². The molecule has 0 radical (unpaired) electrons. The molecule has 1 N–H and O–H groups in total. The Kier molecular flexibility index (Phi) is 7.72. The van der Waals surface area contributed by atoms with Gasteiger partial charge in [-0.3, -0.25) is 9.89 Å². The lowest BCUT2D eigenvalue weighted by atomic mass is 9.72. The minimum Gasteiger partial charge on any atom is -0.481 e. The van der Waals surface area contributed by atoms with Gasteiger partial charge in [-0.2, -0.15) is 35.0 Å². The number of amides is 1. The van der Waals surface area contributed by atoms with Crippen LogP contribution in [0.2, 0.25) is 0 Å². The fourth-order valence-corrected chi connectivity index (χ4v) is 8.56. The van der Waals surface area contributed by atoms with Crippen molar-refractivity contribution in [2.45, 2.75) is 44.7 Å². The summed E-state index contributed by atoms with van der Waals surface area (Å²) in [4.78, 5) is 28.7. The molecule has 3 saturated heterocycles. The number of alkyl halides is 3. The minimum absolute atomic E-state index is 0.0367. The van der Waals surface area contributed by atoms with Crippen molar-refractivity contribution in [2.75, 3.05) is 67.2 Å². The second-order valence-electron chi connectivity index (χ2n) is 13.7. The van der Waals surface area contributed by atoms with Gasteiger partial charge in [0.2, 0.25) is 11.9 Å². The van der Waals surface area contributed by atoms with Crippen LogP contribution in [-0.2, 0) is 4.79 Å². The molecule has 1 saturated carbocycles. The fraction of sp³-hybridized carbons (Fsp3) is 0.486. The Labute approximate surface area is 280 Å². The third kappa shape index (κ3) is 5.63. The summed E-state index contributed by atoms with van der Waals surface area (Å²) >= 11 is 1.87. The number of likely N-dealkylation sites (tertiary alicyclic amines) is 1. The van der Waals surface area contributed by atoms with Crippen molar-refractivity contribution in [2.24, 2.45) is 5.41 Å². The Morgan fingerprint density at radius 3 is 2.52 bits per heavy atom. The van der Waals surface area contributed by atoms with E-state index >= 15 is 0 Å². The van der Waals surface area contributed by atoms with Crippen LogP contribution in [0.25, 0.3) is 32.9 Å². The van der Waals surface area contributed by atoms with Crippen LogP contribution >= 0.6 is 11.8 Å². The number of anilines is 2. The van der Waals surface area contributed by atoms with Gasteiger partial charge in [-0.1, -0.05) is 12.6 Å². The van der Waals surface area contributed by atoms with E-state index < -0.39 is 12.8 Å². The Balaban J connectivity index is 1.31. The maximum Gasteiger partial charge on any atom is 0.422 e. The first-order chi connectivity index (χ1) is 23.1. The molecule has 1 spiro atoms. The number of H-pyrrole nitrogens is 1. The number of carbonyl (C=O) groups excluding carboxylic acids is 1. The summed E-state index contributed by atoms with van der Waals surface area (Å²) in [6.45, 7) is 8.58. The van der Waals surface area contributed by atoms with Gasteiger partial charge in [0, 0.05) is 72.5 Å². The quantitative estimate of drug-likeness (QED) is 0.223. The zero-order chi connectivity index (χ0) is 33.2. The second kappa shape index (κ2) is 11.9. The average Bonchev–Trinajstić information content (AvgIpc) is 3.81.